The van der Waals surface area contributed by atoms with Gasteiger partial charge in [0, 0.05) is 25.5 Å². The van der Waals surface area contributed by atoms with E-state index < -0.39 is 23.6 Å². The van der Waals surface area contributed by atoms with E-state index in [9.17, 15) is 14.4 Å². The molecule has 0 unspecified atom stereocenters. The van der Waals surface area contributed by atoms with Crippen LogP contribution in [0.1, 0.15) is 27.2 Å². The van der Waals surface area contributed by atoms with Gasteiger partial charge in [0.05, 0.1) is 6.33 Å². The molecule has 1 aliphatic rings. The summed E-state index contributed by atoms with van der Waals surface area (Å²) < 4.78 is 6.92. The number of nitrogens with zero attached hydrogens (tertiary/aromatic N) is 4. The highest BCUT2D eigenvalue weighted by Crippen LogP contribution is 2.11. The standard InChI is InChI=1S/C14H21N5O4/c1-14(2,3)23-12(21)16-19-11(20)9-18(13(19)22)7-4-6-17-8-5-15-10-17/h5,8,10H,4,6-7,9H2,1-3H3,(H,16,21). The minimum Gasteiger partial charge on any atom is -0.443 e. The van der Waals surface area contributed by atoms with Gasteiger partial charge in [-0.15, -0.1) is 0 Å². The smallest absolute Gasteiger partial charge is 0.427 e. The monoisotopic (exact) mass is 323 g/mol. The van der Waals surface area contributed by atoms with E-state index >= 15 is 0 Å². The second-order valence-electron chi connectivity index (χ2n) is 6.20. The average molecular weight is 323 g/mol. The lowest BCUT2D eigenvalue weighted by atomic mass is 10.2. The highest BCUT2D eigenvalue weighted by atomic mass is 16.6. The number of amides is 4. The maximum absolute atomic E-state index is 12.2. The molecule has 1 fully saturated rings. The maximum Gasteiger partial charge on any atom is 0.427 e. The largest absolute Gasteiger partial charge is 0.443 e. The molecule has 2 heterocycles. The molecule has 1 N–H and O–H groups in total. The van der Waals surface area contributed by atoms with Crippen LogP contribution in [0, 0.1) is 0 Å². The maximum atomic E-state index is 12.2. The molecule has 9 heteroatoms. The van der Waals surface area contributed by atoms with Crippen molar-refractivity contribution in [2.24, 2.45) is 0 Å². The SMILES string of the molecule is CC(C)(C)OC(=O)NN1C(=O)CN(CCCn2ccnc2)C1=O. The lowest BCUT2D eigenvalue weighted by Crippen LogP contribution is -2.48. The van der Waals surface area contributed by atoms with Gasteiger partial charge in [0.2, 0.25) is 0 Å². The summed E-state index contributed by atoms with van der Waals surface area (Å²) in [6, 6.07) is -0.550. The van der Waals surface area contributed by atoms with E-state index in [0.29, 0.717) is 24.5 Å². The van der Waals surface area contributed by atoms with Crippen LogP contribution in [0.3, 0.4) is 0 Å². The molecule has 0 spiro atoms. The van der Waals surface area contributed by atoms with Crippen LogP contribution in [0.4, 0.5) is 9.59 Å². The van der Waals surface area contributed by atoms with E-state index in [1.807, 2.05) is 10.8 Å². The predicted octanol–water partition coefficient (Wildman–Crippen LogP) is 0.977. The van der Waals surface area contributed by atoms with Crippen LogP contribution in [0.15, 0.2) is 18.7 Å². The first-order valence-electron chi connectivity index (χ1n) is 7.33. The van der Waals surface area contributed by atoms with Crippen molar-refractivity contribution in [1.29, 1.82) is 0 Å². The lowest BCUT2D eigenvalue weighted by molar-refractivity contribution is -0.127. The minimum absolute atomic E-state index is 0.0570. The third-order valence-corrected chi connectivity index (χ3v) is 3.04. The fraction of sp³-hybridized carbons (Fsp3) is 0.571. The quantitative estimate of drug-likeness (QED) is 0.815. The van der Waals surface area contributed by atoms with Gasteiger partial charge in [-0.2, -0.15) is 5.01 Å². The fourth-order valence-electron chi connectivity index (χ4n) is 2.09. The minimum atomic E-state index is -0.834. The van der Waals surface area contributed by atoms with Gasteiger partial charge in [-0.3, -0.25) is 4.79 Å². The van der Waals surface area contributed by atoms with E-state index in [1.54, 1.807) is 33.3 Å². The molecule has 0 atom stereocenters. The predicted molar refractivity (Wildman–Crippen MR) is 80.0 cm³/mol. The number of carbonyl (C=O) groups is 3. The first kappa shape index (κ1) is 16.8. The summed E-state index contributed by atoms with van der Waals surface area (Å²) in [6.45, 7) is 6.14. The first-order chi connectivity index (χ1) is 10.8. The molecular formula is C14H21N5O4. The zero-order chi connectivity index (χ0) is 17.0. The van der Waals surface area contributed by atoms with Crippen LogP contribution in [0.5, 0.6) is 0 Å². The van der Waals surface area contributed by atoms with E-state index in [4.69, 9.17) is 4.74 Å². The molecule has 0 bridgehead atoms. The molecular weight excluding hydrogens is 302 g/mol. The second-order valence-corrected chi connectivity index (χ2v) is 6.20. The number of hydrogen-bond acceptors (Lipinski definition) is 5. The van der Waals surface area contributed by atoms with Crippen LogP contribution in [-0.4, -0.2) is 56.2 Å². The average Bonchev–Trinajstić information content (AvgIpc) is 3.01. The van der Waals surface area contributed by atoms with Crippen LogP contribution in [0.2, 0.25) is 0 Å². The van der Waals surface area contributed by atoms with E-state index in [0.717, 1.165) is 0 Å². The second kappa shape index (κ2) is 6.67. The molecule has 4 amide bonds. The molecule has 0 aliphatic carbocycles. The third-order valence-electron chi connectivity index (χ3n) is 3.04. The number of hydrogen-bond donors (Lipinski definition) is 1. The van der Waals surface area contributed by atoms with Crippen molar-refractivity contribution in [2.75, 3.05) is 13.1 Å². The molecule has 1 aromatic heterocycles. The van der Waals surface area contributed by atoms with E-state index in [-0.39, 0.29) is 6.54 Å². The highest BCUT2D eigenvalue weighted by molar-refractivity contribution is 6.02. The number of hydrazine groups is 1. The topological polar surface area (TPSA) is 96.8 Å². The van der Waals surface area contributed by atoms with Crippen LogP contribution in [-0.2, 0) is 16.1 Å². The zero-order valence-electron chi connectivity index (χ0n) is 13.5. The van der Waals surface area contributed by atoms with Gasteiger partial charge in [0.1, 0.15) is 12.1 Å². The number of imide groups is 1. The molecule has 0 aromatic carbocycles. The highest BCUT2D eigenvalue weighted by Gasteiger charge is 2.37. The zero-order valence-corrected chi connectivity index (χ0v) is 13.5. The number of aromatic nitrogens is 2. The summed E-state index contributed by atoms with van der Waals surface area (Å²) in [5, 5.41) is 0.700. The number of urea groups is 1. The molecule has 1 saturated heterocycles. The van der Waals surface area contributed by atoms with Gasteiger partial charge < -0.3 is 14.2 Å². The molecule has 1 aliphatic heterocycles. The van der Waals surface area contributed by atoms with Crippen molar-refractivity contribution in [1.82, 2.24) is 24.9 Å². The van der Waals surface area contributed by atoms with Gasteiger partial charge in [-0.25, -0.2) is 20.0 Å². The number of rotatable bonds is 5. The van der Waals surface area contributed by atoms with Crippen LogP contribution in [0.25, 0.3) is 0 Å². The molecule has 126 valence electrons. The van der Waals surface area contributed by atoms with Crippen molar-refractivity contribution in [3.63, 3.8) is 0 Å². The van der Waals surface area contributed by atoms with Gasteiger partial charge in [0.25, 0.3) is 5.91 Å². The normalized spacial score (nSPS) is 15.3. The number of carbonyl (C=O) groups excluding carboxylic acids is 3. The Morgan fingerprint density at radius 2 is 2.09 bits per heavy atom. The van der Waals surface area contributed by atoms with Crippen molar-refractivity contribution >= 4 is 18.0 Å². The number of aryl methyl sites for hydroxylation is 1. The Kier molecular flexibility index (Phi) is 4.87. The van der Waals surface area contributed by atoms with Gasteiger partial charge >= 0.3 is 12.1 Å². The van der Waals surface area contributed by atoms with E-state index in [1.165, 1.54) is 4.90 Å². The van der Waals surface area contributed by atoms with Crippen molar-refractivity contribution in [3.8, 4) is 0 Å². The molecule has 9 nitrogen and oxygen atoms in total. The molecule has 0 radical (unpaired) electrons. The van der Waals surface area contributed by atoms with Crippen molar-refractivity contribution < 1.29 is 19.1 Å². The molecule has 23 heavy (non-hydrogen) atoms. The first-order valence-corrected chi connectivity index (χ1v) is 7.33. The van der Waals surface area contributed by atoms with Crippen molar-refractivity contribution in [3.05, 3.63) is 18.7 Å². The van der Waals surface area contributed by atoms with Gasteiger partial charge in [-0.05, 0) is 27.2 Å². The number of nitrogens with one attached hydrogen (secondary N) is 1. The van der Waals surface area contributed by atoms with Gasteiger partial charge in [-0.1, -0.05) is 0 Å². The summed E-state index contributed by atoms with van der Waals surface area (Å²) in [6.07, 6.45) is 5.03. The third kappa shape index (κ3) is 4.70. The summed E-state index contributed by atoms with van der Waals surface area (Å²) in [7, 11) is 0. The van der Waals surface area contributed by atoms with Crippen LogP contribution < -0.4 is 5.43 Å². The summed E-state index contributed by atoms with van der Waals surface area (Å²) >= 11 is 0. The fourth-order valence-corrected chi connectivity index (χ4v) is 2.09. The summed E-state index contributed by atoms with van der Waals surface area (Å²) in [5.41, 5.74) is 1.48. The number of ether oxygens (including phenoxy) is 1. The Hall–Kier alpha value is -2.58. The lowest BCUT2D eigenvalue weighted by Gasteiger charge is -2.22. The summed E-state index contributed by atoms with van der Waals surface area (Å²) in [5.74, 6) is -0.483. The van der Waals surface area contributed by atoms with E-state index in [2.05, 4.69) is 10.4 Å². The Morgan fingerprint density at radius 1 is 1.35 bits per heavy atom. The molecule has 2 rings (SSSR count). The molecule has 1 aromatic rings. The summed E-state index contributed by atoms with van der Waals surface area (Å²) in [4.78, 5) is 41.0. The Bertz CT molecular complexity index is 578. The molecule has 0 saturated carbocycles. The number of imidazole rings is 1. The Morgan fingerprint density at radius 3 is 2.70 bits per heavy atom. The Balaban J connectivity index is 1.83. The van der Waals surface area contributed by atoms with Gasteiger partial charge in [0.15, 0.2) is 0 Å². The Labute approximate surface area is 134 Å². The van der Waals surface area contributed by atoms with Crippen LogP contribution >= 0.6 is 0 Å². The van der Waals surface area contributed by atoms with Crippen molar-refractivity contribution in [2.45, 2.75) is 39.3 Å².